The van der Waals surface area contributed by atoms with Crippen LogP contribution >= 0.6 is 0 Å². The van der Waals surface area contributed by atoms with Gasteiger partial charge in [0.25, 0.3) is 5.69 Å². The maximum atomic E-state index is 13.9. The Labute approximate surface area is 122 Å². The Morgan fingerprint density at radius 2 is 1.90 bits per heavy atom. The number of rotatable bonds is 5. The average molecular weight is 288 g/mol. The van der Waals surface area contributed by atoms with Gasteiger partial charge in [0.15, 0.2) is 5.82 Å². The Hall–Kier alpha value is -2.43. The molecule has 2 aromatic carbocycles. The number of hydrogen-bond acceptors (Lipinski definition) is 3. The minimum Gasteiger partial charge on any atom is -0.376 e. The second-order valence-corrected chi connectivity index (χ2v) is 4.94. The van der Waals surface area contributed by atoms with Gasteiger partial charge < -0.3 is 5.32 Å². The van der Waals surface area contributed by atoms with Crippen molar-refractivity contribution in [3.63, 3.8) is 0 Å². The molecule has 5 heteroatoms. The van der Waals surface area contributed by atoms with E-state index in [1.165, 1.54) is 12.1 Å². The number of benzene rings is 2. The first-order chi connectivity index (χ1) is 10.0. The molecule has 2 aromatic rings. The third-order valence-electron chi connectivity index (χ3n) is 3.38. The fourth-order valence-corrected chi connectivity index (χ4v) is 2.14. The average Bonchev–Trinajstić information content (AvgIpc) is 2.47. The number of nitro groups is 1. The molecular formula is C16H17FN2O2. The van der Waals surface area contributed by atoms with Gasteiger partial charge in [-0.25, -0.2) is 4.39 Å². The molecule has 21 heavy (non-hydrogen) atoms. The summed E-state index contributed by atoms with van der Waals surface area (Å²) in [7, 11) is 0. The van der Waals surface area contributed by atoms with Crippen molar-refractivity contribution in [1.29, 1.82) is 0 Å². The van der Waals surface area contributed by atoms with Crippen LogP contribution in [0.1, 0.15) is 30.5 Å². The molecule has 0 aliphatic rings. The maximum absolute atomic E-state index is 13.9. The summed E-state index contributed by atoms with van der Waals surface area (Å²) in [5.74, 6) is -0.616. The number of nitrogens with one attached hydrogen (secondary N) is 1. The zero-order valence-corrected chi connectivity index (χ0v) is 12.0. The molecule has 0 radical (unpaired) electrons. The Morgan fingerprint density at radius 1 is 1.24 bits per heavy atom. The normalized spacial score (nSPS) is 12.0. The van der Waals surface area contributed by atoms with Crippen LogP contribution in [0, 0.1) is 22.9 Å². The monoisotopic (exact) mass is 288 g/mol. The van der Waals surface area contributed by atoms with Crippen molar-refractivity contribution in [2.75, 3.05) is 5.32 Å². The van der Waals surface area contributed by atoms with Crippen molar-refractivity contribution in [3.8, 4) is 0 Å². The molecule has 0 bridgehead atoms. The predicted octanol–water partition coefficient (Wildman–Crippen LogP) is 4.61. The second kappa shape index (κ2) is 6.35. The third kappa shape index (κ3) is 3.56. The van der Waals surface area contributed by atoms with Crippen LogP contribution in [0.5, 0.6) is 0 Å². The predicted molar refractivity (Wildman–Crippen MR) is 80.9 cm³/mol. The summed E-state index contributed by atoms with van der Waals surface area (Å²) in [6.45, 7) is 4.01. The molecule has 0 aliphatic carbocycles. The Balaban J connectivity index is 2.22. The number of non-ortho nitro benzene ring substituents is 1. The summed E-state index contributed by atoms with van der Waals surface area (Å²) in [6, 6.07) is 11.6. The number of halogens is 1. The highest BCUT2D eigenvalue weighted by Crippen LogP contribution is 2.26. The van der Waals surface area contributed by atoms with Crippen molar-refractivity contribution in [2.45, 2.75) is 26.3 Å². The standard InChI is InChI=1S/C16H17FN2O2/c1-3-15(12-6-4-11(2)5-7-12)18-16-9-8-13(19(20)21)10-14(16)17/h4-10,15,18H,3H2,1-2H3. The molecule has 0 heterocycles. The number of nitro benzene ring substituents is 1. The maximum Gasteiger partial charge on any atom is 0.272 e. The molecule has 0 saturated carbocycles. The second-order valence-electron chi connectivity index (χ2n) is 4.94. The first kappa shape index (κ1) is 15.0. The van der Waals surface area contributed by atoms with E-state index in [1.807, 2.05) is 38.1 Å². The smallest absolute Gasteiger partial charge is 0.272 e. The van der Waals surface area contributed by atoms with Gasteiger partial charge in [-0.05, 0) is 25.0 Å². The summed E-state index contributed by atoms with van der Waals surface area (Å²) in [5.41, 5.74) is 2.24. The number of nitrogens with zero attached hydrogens (tertiary/aromatic N) is 1. The van der Waals surface area contributed by atoms with Crippen LogP contribution in [0.2, 0.25) is 0 Å². The zero-order chi connectivity index (χ0) is 15.4. The molecule has 2 rings (SSSR count). The summed E-state index contributed by atoms with van der Waals surface area (Å²) < 4.78 is 13.9. The van der Waals surface area contributed by atoms with E-state index in [0.29, 0.717) is 0 Å². The van der Waals surface area contributed by atoms with E-state index in [1.54, 1.807) is 0 Å². The van der Waals surface area contributed by atoms with Crippen molar-refractivity contribution >= 4 is 11.4 Å². The lowest BCUT2D eigenvalue weighted by Crippen LogP contribution is -2.11. The SMILES string of the molecule is CCC(Nc1ccc([N+](=O)[O-])cc1F)c1ccc(C)cc1. The Morgan fingerprint density at radius 3 is 2.43 bits per heavy atom. The fraction of sp³-hybridized carbons (Fsp3) is 0.250. The van der Waals surface area contributed by atoms with E-state index in [2.05, 4.69) is 5.32 Å². The van der Waals surface area contributed by atoms with E-state index in [0.717, 1.165) is 23.6 Å². The summed E-state index contributed by atoms with van der Waals surface area (Å²) in [5, 5.41) is 13.7. The van der Waals surface area contributed by atoms with Crippen molar-refractivity contribution < 1.29 is 9.31 Å². The van der Waals surface area contributed by atoms with Gasteiger partial charge in [0.1, 0.15) is 0 Å². The molecule has 0 spiro atoms. The first-order valence-corrected chi connectivity index (χ1v) is 6.78. The Bertz CT molecular complexity index is 641. The topological polar surface area (TPSA) is 55.2 Å². The van der Waals surface area contributed by atoms with Gasteiger partial charge in [-0.1, -0.05) is 36.8 Å². The quantitative estimate of drug-likeness (QED) is 0.646. The van der Waals surface area contributed by atoms with Gasteiger partial charge in [0.2, 0.25) is 0 Å². The van der Waals surface area contributed by atoms with E-state index in [4.69, 9.17) is 0 Å². The summed E-state index contributed by atoms with van der Waals surface area (Å²) in [4.78, 5) is 10.0. The highest BCUT2D eigenvalue weighted by atomic mass is 19.1. The van der Waals surface area contributed by atoms with Crippen LogP contribution in [0.4, 0.5) is 15.8 Å². The largest absolute Gasteiger partial charge is 0.376 e. The summed E-state index contributed by atoms with van der Waals surface area (Å²) in [6.07, 6.45) is 0.777. The van der Waals surface area contributed by atoms with Gasteiger partial charge in [0.05, 0.1) is 22.7 Å². The van der Waals surface area contributed by atoms with Crippen LogP contribution in [0.3, 0.4) is 0 Å². The van der Waals surface area contributed by atoms with Crippen molar-refractivity contribution in [3.05, 3.63) is 69.5 Å². The van der Waals surface area contributed by atoms with Crippen LogP contribution < -0.4 is 5.32 Å². The molecule has 0 saturated heterocycles. The molecule has 110 valence electrons. The fourth-order valence-electron chi connectivity index (χ4n) is 2.14. The van der Waals surface area contributed by atoms with E-state index in [-0.39, 0.29) is 17.4 Å². The highest BCUT2D eigenvalue weighted by molar-refractivity contribution is 5.51. The lowest BCUT2D eigenvalue weighted by molar-refractivity contribution is -0.385. The minimum atomic E-state index is -0.616. The zero-order valence-electron chi connectivity index (χ0n) is 12.0. The van der Waals surface area contributed by atoms with E-state index in [9.17, 15) is 14.5 Å². The lowest BCUT2D eigenvalue weighted by atomic mass is 10.0. The lowest BCUT2D eigenvalue weighted by Gasteiger charge is -2.19. The van der Waals surface area contributed by atoms with Crippen molar-refractivity contribution in [2.24, 2.45) is 0 Å². The van der Waals surface area contributed by atoms with Gasteiger partial charge in [-0.2, -0.15) is 0 Å². The third-order valence-corrected chi connectivity index (χ3v) is 3.38. The van der Waals surface area contributed by atoms with Crippen LogP contribution in [-0.4, -0.2) is 4.92 Å². The molecule has 0 fully saturated rings. The molecule has 0 amide bonds. The molecule has 1 unspecified atom stereocenters. The number of anilines is 1. The molecular weight excluding hydrogens is 271 g/mol. The van der Waals surface area contributed by atoms with E-state index >= 15 is 0 Å². The van der Waals surface area contributed by atoms with Crippen LogP contribution in [0.25, 0.3) is 0 Å². The number of aryl methyl sites for hydroxylation is 1. The molecule has 0 aliphatic heterocycles. The minimum absolute atomic E-state index is 0.0402. The molecule has 0 aromatic heterocycles. The van der Waals surface area contributed by atoms with Gasteiger partial charge in [0, 0.05) is 6.07 Å². The van der Waals surface area contributed by atoms with E-state index < -0.39 is 10.7 Å². The summed E-state index contributed by atoms with van der Waals surface area (Å²) >= 11 is 0. The molecule has 4 nitrogen and oxygen atoms in total. The highest BCUT2D eigenvalue weighted by Gasteiger charge is 2.14. The van der Waals surface area contributed by atoms with Gasteiger partial charge >= 0.3 is 0 Å². The molecule has 1 N–H and O–H groups in total. The Kier molecular flexibility index (Phi) is 4.52. The van der Waals surface area contributed by atoms with Gasteiger partial charge in [-0.3, -0.25) is 10.1 Å². The first-order valence-electron chi connectivity index (χ1n) is 6.78. The number of hydrogen-bond donors (Lipinski definition) is 1. The molecule has 1 atom stereocenters. The van der Waals surface area contributed by atoms with Gasteiger partial charge in [-0.15, -0.1) is 0 Å². The van der Waals surface area contributed by atoms with Crippen molar-refractivity contribution in [1.82, 2.24) is 0 Å². The van der Waals surface area contributed by atoms with Crippen LogP contribution in [-0.2, 0) is 0 Å². The van der Waals surface area contributed by atoms with Crippen LogP contribution in [0.15, 0.2) is 42.5 Å².